The molecular weight excluding hydrogens is 182 g/mol. The van der Waals surface area contributed by atoms with E-state index in [1.165, 1.54) is 25.3 Å². The largest absolute Gasteiger partial charge is 0.316 e. The van der Waals surface area contributed by atoms with E-state index in [0.29, 0.717) is 0 Å². The van der Waals surface area contributed by atoms with Crippen molar-refractivity contribution in [3.05, 3.63) is 16.6 Å². The van der Waals surface area contributed by atoms with Crippen molar-refractivity contribution >= 4 is 11.3 Å². The Bertz CT molecular complexity index is 243. The summed E-state index contributed by atoms with van der Waals surface area (Å²) in [5.41, 5.74) is 3.09. The van der Waals surface area contributed by atoms with Crippen LogP contribution < -0.4 is 5.32 Å². The van der Waals surface area contributed by atoms with Gasteiger partial charge in [0.2, 0.25) is 0 Å². The van der Waals surface area contributed by atoms with Gasteiger partial charge in [-0.05, 0) is 13.0 Å². The normalized spacial score (nSPS) is 17.7. The molecule has 3 nitrogen and oxygen atoms in total. The summed E-state index contributed by atoms with van der Waals surface area (Å²) >= 11 is 1.67. The predicted molar refractivity (Wildman–Crippen MR) is 54.8 cm³/mol. The van der Waals surface area contributed by atoms with Crippen LogP contribution in [0.2, 0.25) is 0 Å². The van der Waals surface area contributed by atoms with Crippen LogP contribution in [0.25, 0.3) is 0 Å². The van der Waals surface area contributed by atoms with Crippen LogP contribution in [0.1, 0.15) is 5.69 Å². The minimum Gasteiger partial charge on any atom is -0.316 e. The van der Waals surface area contributed by atoms with E-state index in [9.17, 15) is 0 Å². The first kappa shape index (κ1) is 9.12. The van der Waals surface area contributed by atoms with Gasteiger partial charge in [0.25, 0.3) is 0 Å². The van der Waals surface area contributed by atoms with Crippen molar-refractivity contribution in [2.24, 2.45) is 5.92 Å². The van der Waals surface area contributed by atoms with Crippen molar-refractivity contribution in [2.75, 3.05) is 26.7 Å². The van der Waals surface area contributed by atoms with Crippen LogP contribution >= 0.6 is 11.3 Å². The highest BCUT2D eigenvalue weighted by Gasteiger charge is 2.18. The minimum absolute atomic E-state index is 0.851. The second-order valence-electron chi connectivity index (χ2n) is 3.70. The molecule has 0 unspecified atom stereocenters. The first-order chi connectivity index (χ1) is 6.34. The first-order valence-electron chi connectivity index (χ1n) is 4.61. The number of rotatable bonds is 4. The number of hydrogen-bond donors (Lipinski definition) is 1. The molecule has 1 fully saturated rings. The number of nitrogens with zero attached hydrogens (tertiary/aromatic N) is 2. The maximum absolute atomic E-state index is 4.27. The molecule has 13 heavy (non-hydrogen) atoms. The molecule has 1 aliphatic heterocycles. The van der Waals surface area contributed by atoms with Gasteiger partial charge in [0.05, 0.1) is 11.2 Å². The van der Waals surface area contributed by atoms with E-state index in [1.807, 2.05) is 5.51 Å². The van der Waals surface area contributed by atoms with Crippen LogP contribution in [-0.4, -0.2) is 36.6 Å². The molecule has 1 aromatic rings. The van der Waals surface area contributed by atoms with Gasteiger partial charge in [-0.2, -0.15) is 0 Å². The topological polar surface area (TPSA) is 28.2 Å². The summed E-state index contributed by atoms with van der Waals surface area (Å²) in [6, 6.07) is 0. The fourth-order valence-corrected chi connectivity index (χ4v) is 2.12. The molecule has 4 heteroatoms. The Morgan fingerprint density at radius 2 is 2.54 bits per heavy atom. The zero-order valence-electron chi connectivity index (χ0n) is 7.86. The van der Waals surface area contributed by atoms with Crippen LogP contribution in [0.3, 0.4) is 0 Å². The van der Waals surface area contributed by atoms with E-state index in [0.717, 1.165) is 12.5 Å². The Hall–Kier alpha value is -0.450. The predicted octanol–water partition coefficient (Wildman–Crippen LogP) is 0.794. The van der Waals surface area contributed by atoms with Gasteiger partial charge >= 0.3 is 0 Å². The van der Waals surface area contributed by atoms with Crippen molar-refractivity contribution in [1.82, 2.24) is 15.2 Å². The molecule has 0 aliphatic carbocycles. The SMILES string of the molecule is CN(Cc1cscn1)CC1CNC1. The lowest BCUT2D eigenvalue weighted by Crippen LogP contribution is -2.47. The smallest absolute Gasteiger partial charge is 0.0795 e. The van der Waals surface area contributed by atoms with Gasteiger partial charge in [-0.3, -0.25) is 0 Å². The molecule has 0 atom stereocenters. The van der Waals surface area contributed by atoms with Gasteiger partial charge in [0.1, 0.15) is 0 Å². The molecule has 1 aromatic heterocycles. The van der Waals surface area contributed by atoms with E-state index in [-0.39, 0.29) is 0 Å². The zero-order valence-corrected chi connectivity index (χ0v) is 8.68. The standard InChI is InChI=1S/C9H15N3S/c1-12(4-8-2-10-3-8)5-9-6-13-7-11-9/h6-8,10H,2-5H2,1H3. The molecule has 2 heterocycles. The van der Waals surface area contributed by atoms with Crippen LogP contribution in [0.15, 0.2) is 10.9 Å². The molecule has 1 aliphatic rings. The molecule has 0 amide bonds. The number of aromatic nitrogens is 1. The summed E-state index contributed by atoms with van der Waals surface area (Å²) in [7, 11) is 2.16. The molecule has 72 valence electrons. The number of thiazole rings is 1. The van der Waals surface area contributed by atoms with Gasteiger partial charge in [0, 0.05) is 31.6 Å². The Kier molecular flexibility index (Phi) is 2.93. The van der Waals surface area contributed by atoms with E-state index in [2.05, 4.69) is 27.6 Å². The minimum atomic E-state index is 0.851. The summed E-state index contributed by atoms with van der Waals surface area (Å²) in [5.74, 6) is 0.851. The Morgan fingerprint density at radius 3 is 3.08 bits per heavy atom. The molecule has 0 spiro atoms. The van der Waals surface area contributed by atoms with E-state index < -0.39 is 0 Å². The molecule has 0 bridgehead atoms. The molecule has 0 aromatic carbocycles. The average molecular weight is 197 g/mol. The molecule has 1 N–H and O–H groups in total. The maximum Gasteiger partial charge on any atom is 0.0795 e. The first-order valence-corrected chi connectivity index (χ1v) is 5.55. The lowest BCUT2D eigenvalue weighted by Gasteiger charge is -2.30. The average Bonchev–Trinajstić information content (AvgIpc) is 2.49. The fourth-order valence-electron chi connectivity index (χ4n) is 1.58. The highest BCUT2D eigenvalue weighted by Crippen LogP contribution is 2.08. The van der Waals surface area contributed by atoms with Gasteiger partial charge in [-0.25, -0.2) is 4.98 Å². The van der Waals surface area contributed by atoms with E-state index in [4.69, 9.17) is 0 Å². The molecule has 0 saturated carbocycles. The highest BCUT2D eigenvalue weighted by molar-refractivity contribution is 7.07. The lowest BCUT2D eigenvalue weighted by molar-refractivity contribution is 0.217. The van der Waals surface area contributed by atoms with Gasteiger partial charge in [-0.1, -0.05) is 0 Å². The van der Waals surface area contributed by atoms with Crippen molar-refractivity contribution in [2.45, 2.75) is 6.54 Å². The molecule has 1 saturated heterocycles. The lowest BCUT2D eigenvalue weighted by atomic mass is 10.0. The van der Waals surface area contributed by atoms with Gasteiger partial charge in [-0.15, -0.1) is 11.3 Å². The van der Waals surface area contributed by atoms with E-state index in [1.54, 1.807) is 11.3 Å². The van der Waals surface area contributed by atoms with Crippen LogP contribution in [-0.2, 0) is 6.54 Å². The van der Waals surface area contributed by atoms with Crippen molar-refractivity contribution in [3.8, 4) is 0 Å². The van der Waals surface area contributed by atoms with Crippen LogP contribution in [0.5, 0.6) is 0 Å². The summed E-state index contributed by atoms with van der Waals surface area (Å²) in [5, 5.41) is 5.41. The summed E-state index contributed by atoms with van der Waals surface area (Å²) in [6.45, 7) is 4.54. The third kappa shape index (κ3) is 2.49. The van der Waals surface area contributed by atoms with Gasteiger partial charge < -0.3 is 10.2 Å². The highest BCUT2D eigenvalue weighted by atomic mass is 32.1. The van der Waals surface area contributed by atoms with Crippen LogP contribution in [0.4, 0.5) is 0 Å². The third-order valence-electron chi connectivity index (χ3n) is 2.35. The van der Waals surface area contributed by atoms with Crippen LogP contribution in [0, 0.1) is 5.92 Å². The number of nitrogens with one attached hydrogen (secondary N) is 1. The maximum atomic E-state index is 4.27. The van der Waals surface area contributed by atoms with Crippen molar-refractivity contribution in [3.63, 3.8) is 0 Å². The fraction of sp³-hybridized carbons (Fsp3) is 0.667. The second-order valence-corrected chi connectivity index (χ2v) is 4.42. The van der Waals surface area contributed by atoms with E-state index >= 15 is 0 Å². The number of hydrogen-bond acceptors (Lipinski definition) is 4. The summed E-state index contributed by atoms with van der Waals surface area (Å²) < 4.78 is 0. The quantitative estimate of drug-likeness (QED) is 0.773. The second kappa shape index (κ2) is 4.17. The van der Waals surface area contributed by atoms with Gasteiger partial charge in [0.15, 0.2) is 0 Å². The third-order valence-corrected chi connectivity index (χ3v) is 2.99. The monoisotopic (exact) mass is 197 g/mol. The van der Waals surface area contributed by atoms with Crippen molar-refractivity contribution in [1.29, 1.82) is 0 Å². The zero-order chi connectivity index (χ0) is 9.10. The Morgan fingerprint density at radius 1 is 1.69 bits per heavy atom. The Labute approximate surface area is 82.8 Å². The summed E-state index contributed by atoms with van der Waals surface area (Å²) in [4.78, 5) is 6.62. The molecule has 2 rings (SSSR count). The Balaban J connectivity index is 1.74. The molecule has 0 radical (unpaired) electrons. The molecular formula is C9H15N3S. The van der Waals surface area contributed by atoms with Crippen molar-refractivity contribution < 1.29 is 0 Å². The summed E-state index contributed by atoms with van der Waals surface area (Å²) in [6.07, 6.45) is 0.